The van der Waals surface area contributed by atoms with Crippen molar-refractivity contribution >= 4 is 0 Å². The van der Waals surface area contributed by atoms with E-state index in [0.717, 1.165) is 12.0 Å². The van der Waals surface area contributed by atoms with Crippen molar-refractivity contribution in [2.75, 3.05) is 0 Å². The van der Waals surface area contributed by atoms with Gasteiger partial charge in [0.2, 0.25) is 0 Å². The van der Waals surface area contributed by atoms with Gasteiger partial charge in [-0.1, -0.05) is 50.2 Å². The van der Waals surface area contributed by atoms with Gasteiger partial charge in [-0.3, -0.25) is 0 Å². The fourth-order valence-electron chi connectivity index (χ4n) is 2.44. The number of hydrogen-bond acceptors (Lipinski definition) is 1. The average Bonchev–Trinajstić information content (AvgIpc) is 2.48. The fraction of sp³-hybridized carbons (Fsp3) is 0.333. The highest BCUT2D eigenvalue weighted by Gasteiger charge is 2.27. The molecule has 0 radical (unpaired) electrons. The fourth-order valence-corrected chi connectivity index (χ4v) is 2.44. The Kier molecular flexibility index (Phi) is 4.56. The van der Waals surface area contributed by atoms with Gasteiger partial charge in [0.05, 0.1) is 5.60 Å². The lowest BCUT2D eigenvalue weighted by Crippen LogP contribution is -2.27. The Morgan fingerprint density at radius 3 is 2.20 bits per heavy atom. The van der Waals surface area contributed by atoms with E-state index in [1.165, 1.54) is 17.7 Å². The Bertz CT molecular complexity index is 562. The predicted molar refractivity (Wildman–Crippen MR) is 80.1 cm³/mol. The van der Waals surface area contributed by atoms with Gasteiger partial charge in [0.25, 0.3) is 0 Å². The van der Waals surface area contributed by atoms with Gasteiger partial charge in [-0.15, -0.1) is 0 Å². The summed E-state index contributed by atoms with van der Waals surface area (Å²) < 4.78 is 13.4. The standard InChI is InChI=1S/C18H21FO/c1-3-14-8-10-15(11-9-14)13-18(20,4-2)16-6-5-7-17(19)12-16/h5-12,20H,3-4,13H2,1-2H3. The molecule has 20 heavy (non-hydrogen) atoms. The first-order valence-electron chi connectivity index (χ1n) is 7.13. The molecule has 0 aliphatic carbocycles. The van der Waals surface area contributed by atoms with Crippen molar-refractivity contribution in [3.05, 3.63) is 71.0 Å². The third-order valence-electron chi connectivity index (χ3n) is 3.87. The van der Waals surface area contributed by atoms with Crippen LogP contribution in [0.25, 0.3) is 0 Å². The zero-order valence-corrected chi connectivity index (χ0v) is 12.1. The van der Waals surface area contributed by atoms with E-state index in [0.29, 0.717) is 18.4 Å². The van der Waals surface area contributed by atoms with Crippen molar-refractivity contribution in [2.24, 2.45) is 0 Å². The van der Waals surface area contributed by atoms with Crippen molar-refractivity contribution < 1.29 is 9.50 Å². The maximum absolute atomic E-state index is 13.4. The summed E-state index contributed by atoms with van der Waals surface area (Å²) in [5, 5.41) is 10.8. The largest absolute Gasteiger partial charge is 0.385 e. The van der Waals surface area contributed by atoms with E-state index in [-0.39, 0.29) is 5.82 Å². The lowest BCUT2D eigenvalue weighted by molar-refractivity contribution is 0.0324. The molecule has 0 aliphatic heterocycles. The Hall–Kier alpha value is -1.67. The van der Waals surface area contributed by atoms with Gasteiger partial charge in [0.15, 0.2) is 0 Å². The van der Waals surface area contributed by atoms with Gasteiger partial charge in [-0.25, -0.2) is 4.39 Å². The molecule has 1 unspecified atom stereocenters. The van der Waals surface area contributed by atoms with E-state index in [1.807, 2.05) is 19.1 Å². The molecule has 1 N–H and O–H groups in total. The van der Waals surface area contributed by atoms with Crippen LogP contribution in [0, 0.1) is 5.82 Å². The maximum Gasteiger partial charge on any atom is 0.123 e. The van der Waals surface area contributed by atoms with Crippen LogP contribution >= 0.6 is 0 Å². The first kappa shape index (κ1) is 14.7. The smallest absolute Gasteiger partial charge is 0.123 e. The number of aliphatic hydroxyl groups is 1. The number of halogens is 1. The zero-order chi connectivity index (χ0) is 14.6. The highest BCUT2D eigenvalue weighted by molar-refractivity contribution is 5.29. The molecule has 0 aliphatic rings. The van der Waals surface area contributed by atoms with E-state index in [1.54, 1.807) is 12.1 Å². The van der Waals surface area contributed by atoms with Crippen LogP contribution in [-0.4, -0.2) is 5.11 Å². The second-order valence-corrected chi connectivity index (χ2v) is 5.24. The molecule has 1 nitrogen and oxygen atoms in total. The van der Waals surface area contributed by atoms with Crippen LogP contribution in [0.15, 0.2) is 48.5 Å². The van der Waals surface area contributed by atoms with Crippen molar-refractivity contribution in [1.82, 2.24) is 0 Å². The van der Waals surface area contributed by atoms with E-state index >= 15 is 0 Å². The molecule has 0 saturated heterocycles. The van der Waals surface area contributed by atoms with Crippen LogP contribution in [-0.2, 0) is 18.4 Å². The molecule has 2 aromatic rings. The Labute approximate surface area is 120 Å². The lowest BCUT2D eigenvalue weighted by Gasteiger charge is -2.27. The summed E-state index contributed by atoms with van der Waals surface area (Å²) in [6.07, 6.45) is 2.05. The van der Waals surface area contributed by atoms with Gasteiger partial charge in [0, 0.05) is 6.42 Å². The number of rotatable bonds is 5. The number of aryl methyl sites for hydroxylation is 1. The third-order valence-corrected chi connectivity index (χ3v) is 3.87. The molecule has 0 saturated carbocycles. The van der Waals surface area contributed by atoms with Crippen molar-refractivity contribution in [2.45, 2.75) is 38.7 Å². The SMILES string of the molecule is CCc1ccc(CC(O)(CC)c2cccc(F)c2)cc1. The monoisotopic (exact) mass is 272 g/mol. The van der Waals surface area contributed by atoms with Crippen molar-refractivity contribution in [3.8, 4) is 0 Å². The number of hydrogen-bond donors (Lipinski definition) is 1. The summed E-state index contributed by atoms with van der Waals surface area (Å²) in [6.45, 7) is 4.04. The van der Waals surface area contributed by atoms with Gasteiger partial charge < -0.3 is 5.11 Å². The van der Waals surface area contributed by atoms with Crippen LogP contribution in [0.2, 0.25) is 0 Å². The molecule has 0 heterocycles. The zero-order valence-electron chi connectivity index (χ0n) is 12.1. The summed E-state index contributed by atoms with van der Waals surface area (Å²) >= 11 is 0. The molecule has 0 aromatic heterocycles. The minimum atomic E-state index is -1.02. The summed E-state index contributed by atoms with van der Waals surface area (Å²) in [6, 6.07) is 14.5. The molecule has 106 valence electrons. The molecule has 2 rings (SSSR count). The molecule has 2 heteroatoms. The molecule has 0 bridgehead atoms. The average molecular weight is 272 g/mol. The van der Waals surface area contributed by atoms with Gasteiger partial charge in [0.1, 0.15) is 5.82 Å². The van der Waals surface area contributed by atoms with Gasteiger partial charge in [-0.2, -0.15) is 0 Å². The molecule has 1 atom stereocenters. The van der Waals surface area contributed by atoms with E-state index in [4.69, 9.17) is 0 Å². The molecular weight excluding hydrogens is 251 g/mol. The Morgan fingerprint density at radius 2 is 1.65 bits per heavy atom. The maximum atomic E-state index is 13.4. The van der Waals surface area contributed by atoms with Crippen LogP contribution in [0.3, 0.4) is 0 Å². The predicted octanol–water partition coefficient (Wildman–Crippen LogP) is 4.23. The second kappa shape index (κ2) is 6.19. The van der Waals surface area contributed by atoms with Gasteiger partial charge >= 0.3 is 0 Å². The minimum Gasteiger partial charge on any atom is -0.385 e. The highest BCUT2D eigenvalue weighted by Crippen LogP contribution is 2.29. The molecule has 0 amide bonds. The first-order chi connectivity index (χ1) is 9.57. The number of benzene rings is 2. The van der Waals surface area contributed by atoms with E-state index in [9.17, 15) is 9.50 Å². The topological polar surface area (TPSA) is 20.2 Å². The summed E-state index contributed by atoms with van der Waals surface area (Å²) in [5.74, 6) is -0.310. The van der Waals surface area contributed by atoms with Gasteiger partial charge in [-0.05, 0) is 41.7 Å². The van der Waals surface area contributed by atoms with Crippen molar-refractivity contribution in [3.63, 3.8) is 0 Å². The normalized spacial score (nSPS) is 14.0. The molecule has 0 fully saturated rings. The van der Waals surface area contributed by atoms with Crippen LogP contribution in [0.4, 0.5) is 4.39 Å². The highest BCUT2D eigenvalue weighted by atomic mass is 19.1. The Balaban J connectivity index is 2.26. The quantitative estimate of drug-likeness (QED) is 0.863. The van der Waals surface area contributed by atoms with Crippen LogP contribution < -0.4 is 0 Å². The van der Waals surface area contributed by atoms with Crippen LogP contribution in [0.1, 0.15) is 37.0 Å². The van der Waals surface area contributed by atoms with E-state index < -0.39 is 5.60 Å². The van der Waals surface area contributed by atoms with Crippen LogP contribution in [0.5, 0.6) is 0 Å². The summed E-state index contributed by atoms with van der Waals surface area (Å²) in [4.78, 5) is 0. The first-order valence-corrected chi connectivity index (χ1v) is 7.13. The minimum absolute atomic E-state index is 0.310. The summed E-state index contributed by atoms with van der Waals surface area (Å²) in [5.41, 5.74) is 1.96. The molecule has 0 spiro atoms. The lowest BCUT2D eigenvalue weighted by atomic mass is 9.85. The third kappa shape index (κ3) is 3.26. The van der Waals surface area contributed by atoms with E-state index in [2.05, 4.69) is 19.1 Å². The van der Waals surface area contributed by atoms with Crippen molar-refractivity contribution in [1.29, 1.82) is 0 Å². The Morgan fingerprint density at radius 1 is 1.00 bits per heavy atom. The second-order valence-electron chi connectivity index (χ2n) is 5.24. The molecule has 2 aromatic carbocycles. The summed E-state index contributed by atoms with van der Waals surface area (Å²) in [7, 11) is 0. The molecular formula is C18H21FO.